The lowest BCUT2D eigenvalue weighted by Gasteiger charge is -2.13. The van der Waals surface area contributed by atoms with Gasteiger partial charge in [0.25, 0.3) is 0 Å². The van der Waals surface area contributed by atoms with E-state index in [1.54, 1.807) is 26.1 Å². The molecule has 0 aliphatic rings. The van der Waals surface area contributed by atoms with Crippen molar-refractivity contribution in [2.24, 2.45) is 5.92 Å². The second-order valence-electron chi connectivity index (χ2n) is 4.13. The maximum atomic E-state index is 11.9. The molecule has 0 aliphatic carbocycles. The molecular formula is C13H17ClN2O3. The van der Waals surface area contributed by atoms with Gasteiger partial charge < -0.3 is 15.4 Å². The van der Waals surface area contributed by atoms with Crippen LogP contribution in [0.5, 0.6) is 0 Å². The Bertz CT molecular complexity index is 477. The van der Waals surface area contributed by atoms with Gasteiger partial charge in [-0.3, -0.25) is 4.79 Å². The summed E-state index contributed by atoms with van der Waals surface area (Å²) >= 11 is 5.99. The maximum Gasteiger partial charge on any atom is 0.337 e. The first kappa shape index (κ1) is 15.5. The first-order chi connectivity index (χ1) is 8.99. The number of amides is 1. The fourth-order valence-corrected chi connectivity index (χ4v) is 1.69. The van der Waals surface area contributed by atoms with Gasteiger partial charge >= 0.3 is 5.97 Å². The molecule has 1 unspecified atom stereocenters. The highest BCUT2D eigenvalue weighted by atomic mass is 35.5. The molecule has 0 saturated carbocycles. The molecule has 0 bridgehead atoms. The van der Waals surface area contributed by atoms with Gasteiger partial charge in [0.2, 0.25) is 5.91 Å². The van der Waals surface area contributed by atoms with Gasteiger partial charge in [0, 0.05) is 12.5 Å². The van der Waals surface area contributed by atoms with Gasteiger partial charge in [-0.1, -0.05) is 18.5 Å². The fourth-order valence-electron chi connectivity index (χ4n) is 1.52. The number of nitrogens with one attached hydrogen (secondary N) is 2. The van der Waals surface area contributed by atoms with Crippen LogP contribution in [0.4, 0.5) is 5.69 Å². The molecule has 19 heavy (non-hydrogen) atoms. The number of rotatable bonds is 5. The molecule has 0 radical (unpaired) electrons. The summed E-state index contributed by atoms with van der Waals surface area (Å²) in [5.41, 5.74) is 0.737. The molecule has 1 amide bonds. The number of ether oxygens (including phenoxy) is 1. The predicted molar refractivity (Wildman–Crippen MR) is 74.5 cm³/mol. The summed E-state index contributed by atoms with van der Waals surface area (Å²) in [6.07, 6.45) is 0. The van der Waals surface area contributed by atoms with Crippen molar-refractivity contribution >= 4 is 29.2 Å². The third-order valence-corrected chi connectivity index (χ3v) is 2.93. The highest BCUT2D eigenvalue weighted by Gasteiger charge is 2.15. The van der Waals surface area contributed by atoms with E-state index in [0.29, 0.717) is 22.8 Å². The number of hydrogen-bond acceptors (Lipinski definition) is 4. The van der Waals surface area contributed by atoms with Crippen molar-refractivity contribution in [1.82, 2.24) is 5.32 Å². The smallest absolute Gasteiger partial charge is 0.337 e. The van der Waals surface area contributed by atoms with E-state index in [1.807, 2.05) is 0 Å². The number of benzene rings is 1. The van der Waals surface area contributed by atoms with E-state index in [9.17, 15) is 9.59 Å². The van der Waals surface area contributed by atoms with Crippen molar-refractivity contribution in [2.75, 3.05) is 26.0 Å². The molecule has 1 aromatic carbocycles. The maximum absolute atomic E-state index is 11.9. The Hall–Kier alpha value is -1.59. The minimum Gasteiger partial charge on any atom is -0.465 e. The summed E-state index contributed by atoms with van der Waals surface area (Å²) in [6.45, 7) is 2.35. The summed E-state index contributed by atoms with van der Waals surface area (Å²) in [5, 5.41) is 5.99. The number of esters is 1. The predicted octanol–water partition coefficient (Wildman–Crippen LogP) is 1.92. The van der Waals surface area contributed by atoms with Crippen LogP contribution in [0.2, 0.25) is 5.02 Å². The lowest BCUT2D eigenvalue weighted by atomic mass is 10.1. The summed E-state index contributed by atoms with van der Waals surface area (Å²) in [5.74, 6) is -0.850. The molecule has 0 aromatic heterocycles. The molecule has 1 aromatic rings. The summed E-state index contributed by atoms with van der Waals surface area (Å²) in [4.78, 5) is 23.3. The van der Waals surface area contributed by atoms with Gasteiger partial charge in [0.15, 0.2) is 0 Å². The number of halogens is 1. The van der Waals surface area contributed by atoms with Crippen LogP contribution < -0.4 is 10.6 Å². The third-order valence-electron chi connectivity index (χ3n) is 2.60. The van der Waals surface area contributed by atoms with Gasteiger partial charge in [-0.05, 0) is 25.2 Å². The SMILES string of the molecule is CNCC(C)C(=O)Nc1cc(C(=O)OC)ccc1Cl. The van der Waals surface area contributed by atoms with Crippen molar-refractivity contribution < 1.29 is 14.3 Å². The summed E-state index contributed by atoms with van der Waals surface area (Å²) in [6, 6.07) is 4.59. The number of methoxy groups -OCH3 is 1. The average Bonchev–Trinajstić information content (AvgIpc) is 2.40. The second kappa shape index (κ2) is 7.11. The molecule has 6 heteroatoms. The Morgan fingerprint density at radius 2 is 2.11 bits per heavy atom. The summed E-state index contributed by atoms with van der Waals surface area (Å²) < 4.78 is 4.62. The Morgan fingerprint density at radius 3 is 2.68 bits per heavy atom. The van der Waals surface area contributed by atoms with Crippen LogP contribution in [0.3, 0.4) is 0 Å². The van der Waals surface area contributed by atoms with E-state index in [0.717, 1.165) is 0 Å². The highest BCUT2D eigenvalue weighted by molar-refractivity contribution is 6.33. The van der Waals surface area contributed by atoms with Gasteiger partial charge in [-0.15, -0.1) is 0 Å². The van der Waals surface area contributed by atoms with E-state index in [2.05, 4.69) is 15.4 Å². The molecule has 0 fully saturated rings. The number of carbonyl (C=O) groups excluding carboxylic acids is 2. The van der Waals surface area contributed by atoms with E-state index in [4.69, 9.17) is 11.6 Å². The van der Waals surface area contributed by atoms with Crippen LogP contribution in [-0.4, -0.2) is 32.6 Å². The Kier molecular flexibility index (Phi) is 5.79. The lowest BCUT2D eigenvalue weighted by molar-refractivity contribution is -0.119. The first-order valence-electron chi connectivity index (χ1n) is 5.83. The standard InChI is InChI=1S/C13H17ClN2O3/c1-8(7-15-2)12(17)16-11-6-9(13(18)19-3)4-5-10(11)14/h4-6,8,15H,7H2,1-3H3,(H,16,17). The molecule has 0 heterocycles. The van der Waals surface area contributed by atoms with Crippen molar-refractivity contribution in [3.05, 3.63) is 28.8 Å². The van der Waals surface area contributed by atoms with E-state index in [-0.39, 0.29) is 11.8 Å². The lowest BCUT2D eigenvalue weighted by Crippen LogP contribution is -2.28. The zero-order chi connectivity index (χ0) is 14.4. The van der Waals surface area contributed by atoms with E-state index >= 15 is 0 Å². The van der Waals surface area contributed by atoms with E-state index < -0.39 is 5.97 Å². The summed E-state index contributed by atoms with van der Waals surface area (Å²) in [7, 11) is 3.07. The minimum absolute atomic E-state index is 0.168. The zero-order valence-electron chi connectivity index (χ0n) is 11.1. The molecule has 5 nitrogen and oxygen atoms in total. The van der Waals surface area contributed by atoms with Crippen molar-refractivity contribution in [3.8, 4) is 0 Å². The fraction of sp³-hybridized carbons (Fsp3) is 0.385. The molecule has 0 aliphatic heterocycles. The van der Waals surface area contributed by atoms with Gasteiger partial charge in [0.1, 0.15) is 0 Å². The Labute approximate surface area is 117 Å². The van der Waals surface area contributed by atoms with Crippen LogP contribution in [0.15, 0.2) is 18.2 Å². The molecule has 0 spiro atoms. The number of hydrogen-bond donors (Lipinski definition) is 2. The quantitative estimate of drug-likeness (QED) is 0.811. The van der Waals surface area contributed by atoms with Gasteiger partial charge in [0.05, 0.1) is 23.4 Å². The number of anilines is 1. The van der Waals surface area contributed by atoms with Gasteiger partial charge in [-0.2, -0.15) is 0 Å². The monoisotopic (exact) mass is 284 g/mol. The van der Waals surface area contributed by atoms with Crippen molar-refractivity contribution in [2.45, 2.75) is 6.92 Å². The molecule has 2 N–H and O–H groups in total. The molecule has 0 saturated heterocycles. The van der Waals surface area contributed by atoms with Crippen LogP contribution in [-0.2, 0) is 9.53 Å². The third kappa shape index (κ3) is 4.22. The van der Waals surface area contributed by atoms with Crippen molar-refractivity contribution in [1.29, 1.82) is 0 Å². The van der Waals surface area contributed by atoms with Crippen molar-refractivity contribution in [3.63, 3.8) is 0 Å². The van der Waals surface area contributed by atoms with Crippen LogP contribution in [0, 0.1) is 5.92 Å². The second-order valence-corrected chi connectivity index (χ2v) is 4.54. The van der Waals surface area contributed by atoms with Crippen LogP contribution >= 0.6 is 11.6 Å². The minimum atomic E-state index is -0.476. The van der Waals surface area contributed by atoms with E-state index in [1.165, 1.54) is 13.2 Å². The van der Waals surface area contributed by atoms with Gasteiger partial charge in [-0.25, -0.2) is 4.79 Å². The molecule has 1 atom stereocenters. The largest absolute Gasteiger partial charge is 0.465 e. The normalized spacial score (nSPS) is 11.8. The zero-order valence-corrected chi connectivity index (χ0v) is 11.9. The van der Waals surface area contributed by atoms with Crippen LogP contribution in [0.25, 0.3) is 0 Å². The highest BCUT2D eigenvalue weighted by Crippen LogP contribution is 2.24. The number of carbonyl (C=O) groups is 2. The Balaban J connectivity index is 2.88. The molecule has 104 valence electrons. The average molecular weight is 285 g/mol. The first-order valence-corrected chi connectivity index (χ1v) is 6.20. The topological polar surface area (TPSA) is 67.4 Å². The van der Waals surface area contributed by atoms with Crippen LogP contribution in [0.1, 0.15) is 17.3 Å². The molecular weight excluding hydrogens is 268 g/mol. The molecule has 1 rings (SSSR count). The Morgan fingerprint density at radius 1 is 1.42 bits per heavy atom.